The molecule has 0 spiro atoms. The summed E-state index contributed by atoms with van der Waals surface area (Å²) in [6, 6.07) is 12.9. The SMILES string of the molecule is O=C1CN(Cc2cccc3c2NCC3)CCN1Cc1cccc(F)c1. The fourth-order valence-electron chi connectivity index (χ4n) is 3.70. The van der Waals surface area contributed by atoms with Crippen LogP contribution < -0.4 is 5.32 Å². The first kappa shape index (κ1) is 16.1. The van der Waals surface area contributed by atoms with Crippen LogP contribution >= 0.6 is 0 Å². The number of benzene rings is 2. The molecule has 2 aromatic carbocycles. The number of carbonyl (C=O) groups excluding carboxylic acids is 1. The maximum atomic E-state index is 13.3. The fraction of sp³-hybridized carbons (Fsp3) is 0.350. The molecule has 0 aromatic heterocycles. The number of carbonyl (C=O) groups is 1. The van der Waals surface area contributed by atoms with E-state index in [4.69, 9.17) is 0 Å². The van der Waals surface area contributed by atoms with Crippen molar-refractivity contribution in [3.8, 4) is 0 Å². The maximum Gasteiger partial charge on any atom is 0.237 e. The molecule has 0 unspecified atom stereocenters. The van der Waals surface area contributed by atoms with E-state index in [0.29, 0.717) is 19.6 Å². The number of para-hydroxylation sites is 1. The minimum Gasteiger partial charge on any atom is -0.384 e. The van der Waals surface area contributed by atoms with Crippen LogP contribution in [0.3, 0.4) is 0 Å². The summed E-state index contributed by atoms with van der Waals surface area (Å²) in [5.74, 6) is -0.148. The molecule has 2 heterocycles. The normalized spacial score (nSPS) is 17.5. The number of fused-ring (bicyclic) bond motifs is 1. The molecule has 4 rings (SSSR count). The highest BCUT2D eigenvalue weighted by molar-refractivity contribution is 5.79. The monoisotopic (exact) mass is 339 g/mol. The second-order valence-corrected chi connectivity index (χ2v) is 6.78. The number of nitrogens with one attached hydrogen (secondary N) is 1. The number of amides is 1. The van der Waals surface area contributed by atoms with Gasteiger partial charge in [-0.2, -0.15) is 0 Å². The molecule has 2 aromatic rings. The highest BCUT2D eigenvalue weighted by atomic mass is 19.1. The van der Waals surface area contributed by atoms with Gasteiger partial charge in [-0.3, -0.25) is 9.69 Å². The number of piperazine rings is 1. The van der Waals surface area contributed by atoms with E-state index in [2.05, 4.69) is 28.4 Å². The van der Waals surface area contributed by atoms with Crippen LogP contribution in [0, 0.1) is 5.82 Å². The first-order chi connectivity index (χ1) is 12.2. The van der Waals surface area contributed by atoms with Crippen LogP contribution in [0.25, 0.3) is 0 Å². The topological polar surface area (TPSA) is 35.6 Å². The third-order valence-electron chi connectivity index (χ3n) is 4.99. The Morgan fingerprint density at radius 1 is 1.08 bits per heavy atom. The third-order valence-corrected chi connectivity index (χ3v) is 4.99. The number of anilines is 1. The third kappa shape index (κ3) is 3.51. The van der Waals surface area contributed by atoms with Gasteiger partial charge in [-0.25, -0.2) is 4.39 Å². The zero-order chi connectivity index (χ0) is 17.2. The van der Waals surface area contributed by atoms with Gasteiger partial charge < -0.3 is 10.2 Å². The standard InChI is InChI=1S/C20H22FN3O/c21-18-6-1-3-15(11-18)12-24-10-9-23(14-19(24)25)13-17-5-2-4-16-7-8-22-20(16)17/h1-6,11,22H,7-10,12-14H2. The minimum atomic E-state index is -0.256. The molecule has 2 aliphatic heterocycles. The van der Waals surface area contributed by atoms with Crippen LogP contribution in [0.15, 0.2) is 42.5 Å². The van der Waals surface area contributed by atoms with Gasteiger partial charge in [0, 0.05) is 38.4 Å². The molecule has 0 saturated carbocycles. The van der Waals surface area contributed by atoms with Gasteiger partial charge >= 0.3 is 0 Å². The van der Waals surface area contributed by atoms with Gasteiger partial charge in [0.1, 0.15) is 5.82 Å². The molecule has 0 aliphatic carbocycles. The summed E-state index contributed by atoms with van der Waals surface area (Å²) in [7, 11) is 0. The zero-order valence-corrected chi connectivity index (χ0v) is 14.2. The second-order valence-electron chi connectivity index (χ2n) is 6.78. The molecule has 4 nitrogen and oxygen atoms in total. The number of halogens is 1. The minimum absolute atomic E-state index is 0.107. The molecular formula is C20H22FN3O. The summed E-state index contributed by atoms with van der Waals surface area (Å²) in [5.41, 5.74) is 4.72. The molecule has 25 heavy (non-hydrogen) atoms. The van der Waals surface area contributed by atoms with Crippen molar-refractivity contribution in [2.75, 3.05) is 31.5 Å². The Bertz CT molecular complexity index is 792. The lowest BCUT2D eigenvalue weighted by Gasteiger charge is -2.34. The molecule has 0 bridgehead atoms. The highest BCUT2D eigenvalue weighted by Gasteiger charge is 2.25. The van der Waals surface area contributed by atoms with Gasteiger partial charge in [0.2, 0.25) is 5.91 Å². The molecule has 5 heteroatoms. The molecule has 130 valence electrons. The van der Waals surface area contributed by atoms with E-state index in [1.807, 2.05) is 11.0 Å². The second kappa shape index (κ2) is 6.84. The molecule has 1 amide bonds. The van der Waals surface area contributed by atoms with Crippen molar-refractivity contribution in [3.63, 3.8) is 0 Å². The van der Waals surface area contributed by atoms with Crippen molar-refractivity contribution in [2.45, 2.75) is 19.5 Å². The quantitative estimate of drug-likeness (QED) is 0.930. The summed E-state index contributed by atoms with van der Waals surface area (Å²) in [5, 5.41) is 3.46. The van der Waals surface area contributed by atoms with Crippen molar-refractivity contribution in [3.05, 3.63) is 65.0 Å². The van der Waals surface area contributed by atoms with Gasteiger partial charge in [0.05, 0.1) is 6.54 Å². The molecule has 1 fully saturated rings. The fourth-order valence-corrected chi connectivity index (χ4v) is 3.70. The van der Waals surface area contributed by atoms with Gasteiger partial charge in [0.25, 0.3) is 0 Å². The van der Waals surface area contributed by atoms with Gasteiger partial charge in [-0.15, -0.1) is 0 Å². The van der Waals surface area contributed by atoms with Crippen LogP contribution in [-0.4, -0.2) is 41.9 Å². The summed E-state index contributed by atoms with van der Waals surface area (Å²) in [6.45, 7) is 4.19. The number of rotatable bonds is 4. The average molecular weight is 339 g/mol. The molecule has 0 radical (unpaired) electrons. The Kier molecular flexibility index (Phi) is 4.40. The van der Waals surface area contributed by atoms with E-state index in [0.717, 1.165) is 31.6 Å². The largest absolute Gasteiger partial charge is 0.384 e. The predicted octanol–water partition coefficient (Wildman–Crippen LogP) is 2.64. The Morgan fingerprint density at radius 3 is 2.80 bits per heavy atom. The summed E-state index contributed by atoms with van der Waals surface area (Å²) in [4.78, 5) is 16.5. The Morgan fingerprint density at radius 2 is 1.96 bits per heavy atom. The average Bonchev–Trinajstić information content (AvgIpc) is 3.07. The van der Waals surface area contributed by atoms with Gasteiger partial charge in [-0.1, -0.05) is 30.3 Å². The first-order valence-corrected chi connectivity index (χ1v) is 8.78. The molecule has 2 aliphatic rings. The van der Waals surface area contributed by atoms with E-state index in [-0.39, 0.29) is 11.7 Å². The Labute approximate surface area is 147 Å². The lowest BCUT2D eigenvalue weighted by atomic mass is 10.1. The molecule has 1 N–H and O–H groups in total. The smallest absolute Gasteiger partial charge is 0.237 e. The van der Waals surface area contributed by atoms with E-state index in [1.54, 1.807) is 6.07 Å². The molecular weight excluding hydrogens is 317 g/mol. The Hall–Kier alpha value is -2.40. The Balaban J connectivity index is 1.39. The predicted molar refractivity (Wildman–Crippen MR) is 95.7 cm³/mol. The lowest BCUT2D eigenvalue weighted by Crippen LogP contribution is -2.49. The summed E-state index contributed by atoms with van der Waals surface area (Å²) < 4.78 is 13.3. The van der Waals surface area contributed by atoms with Crippen LogP contribution in [0.1, 0.15) is 16.7 Å². The zero-order valence-electron chi connectivity index (χ0n) is 14.2. The van der Waals surface area contributed by atoms with Crippen LogP contribution in [0.4, 0.5) is 10.1 Å². The maximum absolute atomic E-state index is 13.3. The van der Waals surface area contributed by atoms with Crippen molar-refractivity contribution in [1.82, 2.24) is 9.80 Å². The van der Waals surface area contributed by atoms with Crippen molar-refractivity contribution >= 4 is 11.6 Å². The van der Waals surface area contributed by atoms with Crippen LogP contribution in [-0.2, 0) is 24.3 Å². The van der Waals surface area contributed by atoms with E-state index in [1.165, 1.54) is 28.9 Å². The number of hydrogen-bond donors (Lipinski definition) is 1. The van der Waals surface area contributed by atoms with E-state index >= 15 is 0 Å². The van der Waals surface area contributed by atoms with E-state index < -0.39 is 0 Å². The van der Waals surface area contributed by atoms with Crippen molar-refractivity contribution < 1.29 is 9.18 Å². The van der Waals surface area contributed by atoms with Gasteiger partial charge in [-0.05, 0) is 35.2 Å². The summed E-state index contributed by atoms with van der Waals surface area (Å²) >= 11 is 0. The number of hydrogen-bond acceptors (Lipinski definition) is 3. The van der Waals surface area contributed by atoms with Crippen molar-refractivity contribution in [2.24, 2.45) is 0 Å². The number of nitrogens with zero attached hydrogens (tertiary/aromatic N) is 2. The lowest BCUT2D eigenvalue weighted by molar-refractivity contribution is -0.136. The van der Waals surface area contributed by atoms with Gasteiger partial charge in [0.15, 0.2) is 0 Å². The first-order valence-electron chi connectivity index (χ1n) is 8.78. The molecule has 1 saturated heterocycles. The van der Waals surface area contributed by atoms with Crippen LogP contribution in [0.2, 0.25) is 0 Å². The summed E-state index contributed by atoms with van der Waals surface area (Å²) in [6.07, 6.45) is 1.07. The molecule has 0 atom stereocenters. The van der Waals surface area contributed by atoms with Crippen LogP contribution in [0.5, 0.6) is 0 Å². The van der Waals surface area contributed by atoms with Crippen molar-refractivity contribution in [1.29, 1.82) is 0 Å². The highest BCUT2D eigenvalue weighted by Crippen LogP contribution is 2.27. The van der Waals surface area contributed by atoms with E-state index in [9.17, 15) is 9.18 Å².